The van der Waals surface area contributed by atoms with E-state index < -0.39 is 18.3 Å². The lowest BCUT2D eigenvalue weighted by molar-refractivity contribution is 0.00578. The van der Waals surface area contributed by atoms with Gasteiger partial charge in [0.2, 0.25) is 0 Å². The number of aryl methyl sites for hydroxylation is 2. The summed E-state index contributed by atoms with van der Waals surface area (Å²) in [4.78, 5) is 0. The van der Waals surface area contributed by atoms with Crippen molar-refractivity contribution in [1.82, 2.24) is 0 Å². The van der Waals surface area contributed by atoms with Gasteiger partial charge in [-0.25, -0.2) is 0 Å². The summed E-state index contributed by atoms with van der Waals surface area (Å²) in [5.74, 6) is 0. The molecule has 4 heteroatoms. The van der Waals surface area contributed by atoms with Crippen LogP contribution in [0.5, 0.6) is 0 Å². The van der Waals surface area contributed by atoms with Gasteiger partial charge in [0.1, 0.15) is 11.2 Å². The first kappa shape index (κ1) is 24.2. The van der Waals surface area contributed by atoms with Crippen LogP contribution in [0.25, 0.3) is 54.6 Å². The minimum Gasteiger partial charge on any atom is -0.456 e. The third-order valence-corrected chi connectivity index (χ3v) is 9.72. The van der Waals surface area contributed by atoms with Gasteiger partial charge in [0.05, 0.1) is 11.2 Å². The van der Waals surface area contributed by atoms with Gasteiger partial charge in [-0.1, -0.05) is 54.6 Å². The highest BCUT2D eigenvalue weighted by molar-refractivity contribution is 6.66. The van der Waals surface area contributed by atoms with Crippen LogP contribution in [0.2, 0.25) is 0 Å². The van der Waals surface area contributed by atoms with Crippen molar-refractivity contribution >= 4 is 56.1 Å². The predicted molar refractivity (Wildman–Crippen MR) is 167 cm³/mol. The zero-order valence-electron chi connectivity index (χ0n) is 23.6. The molecule has 198 valence electrons. The average molecular weight is 524 g/mol. The molecule has 40 heavy (non-hydrogen) atoms. The van der Waals surface area contributed by atoms with Gasteiger partial charge in [-0.3, -0.25) is 0 Å². The van der Waals surface area contributed by atoms with Gasteiger partial charge in [-0.15, -0.1) is 0 Å². The summed E-state index contributed by atoms with van der Waals surface area (Å²) in [6.45, 7) is 8.37. The molecule has 1 aliphatic heterocycles. The van der Waals surface area contributed by atoms with Crippen molar-refractivity contribution in [2.45, 2.75) is 64.6 Å². The fraction of sp³-hybridized carbons (Fsp3) is 0.278. The SMILES string of the molecule is CC1(C)OB(c2cccc3oc4ccc(-c5ccc6c(ccc7c8c(ccc76)CCCC8)c5)cc4c23)OC1(C)C. The first-order valence-electron chi connectivity index (χ1n) is 14.6. The van der Waals surface area contributed by atoms with Gasteiger partial charge in [-0.05, 0) is 127 Å². The smallest absolute Gasteiger partial charge is 0.456 e. The molecule has 2 aliphatic rings. The van der Waals surface area contributed by atoms with E-state index in [2.05, 4.69) is 94.4 Å². The molecule has 0 radical (unpaired) electrons. The Balaban J connectivity index is 1.25. The Kier molecular flexibility index (Phi) is 5.12. The lowest BCUT2D eigenvalue weighted by Crippen LogP contribution is -2.41. The van der Waals surface area contributed by atoms with Crippen LogP contribution in [-0.4, -0.2) is 18.3 Å². The lowest BCUT2D eigenvalue weighted by atomic mass is 9.76. The predicted octanol–water partition coefficient (Wildman–Crippen LogP) is 8.74. The van der Waals surface area contributed by atoms with Crippen LogP contribution >= 0.6 is 0 Å². The summed E-state index contributed by atoms with van der Waals surface area (Å²) in [5, 5.41) is 7.55. The molecule has 0 bridgehead atoms. The lowest BCUT2D eigenvalue weighted by Gasteiger charge is -2.32. The van der Waals surface area contributed by atoms with Gasteiger partial charge < -0.3 is 13.7 Å². The summed E-state index contributed by atoms with van der Waals surface area (Å²) in [5.41, 5.74) is 7.41. The number of hydrogen-bond donors (Lipinski definition) is 0. The maximum Gasteiger partial charge on any atom is 0.495 e. The number of fused-ring (bicyclic) bond motifs is 8. The fourth-order valence-electron chi connectivity index (χ4n) is 6.78. The summed E-state index contributed by atoms with van der Waals surface area (Å²) >= 11 is 0. The molecule has 0 spiro atoms. The van der Waals surface area contributed by atoms with Gasteiger partial charge in [0.25, 0.3) is 0 Å². The maximum atomic E-state index is 6.45. The van der Waals surface area contributed by atoms with E-state index in [1.165, 1.54) is 63.9 Å². The maximum absolute atomic E-state index is 6.45. The molecule has 0 amide bonds. The molecule has 0 atom stereocenters. The van der Waals surface area contributed by atoms with Crippen LogP contribution in [0.3, 0.4) is 0 Å². The highest BCUT2D eigenvalue weighted by Gasteiger charge is 2.52. The van der Waals surface area contributed by atoms with Gasteiger partial charge in [-0.2, -0.15) is 0 Å². The highest BCUT2D eigenvalue weighted by atomic mass is 16.7. The van der Waals surface area contributed by atoms with E-state index in [1.54, 1.807) is 5.56 Å². The van der Waals surface area contributed by atoms with Crippen molar-refractivity contribution in [3.8, 4) is 11.1 Å². The van der Waals surface area contributed by atoms with Crippen molar-refractivity contribution in [3.05, 3.63) is 90.0 Å². The number of rotatable bonds is 2. The Hall–Kier alpha value is -3.60. The normalized spacial score (nSPS) is 18.2. The molecular formula is C36H33BO3. The average Bonchev–Trinajstić information content (AvgIpc) is 3.44. The zero-order chi connectivity index (χ0) is 27.2. The molecular weight excluding hydrogens is 491 g/mol. The van der Waals surface area contributed by atoms with Crippen LogP contribution < -0.4 is 5.46 Å². The van der Waals surface area contributed by atoms with Crippen LogP contribution in [-0.2, 0) is 22.2 Å². The molecule has 1 fully saturated rings. The van der Waals surface area contributed by atoms with E-state index in [1.807, 2.05) is 12.1 Å². The second kappa shape index (κ2) is 8.45. The first-order valence-corrected chi connectivity index (χ1v) is 14.6. The summed E-state index contributed by atoms with van der Waals surface area (Å²) in [6, 6.07) is 28.9. The summed E-state index contributed by atoms with van der Waals surface area (Å²) in [6.07, 6.45) is 5.01. The quantitative estimate of drug-likeness (QED) is 0.168. The Morgan fingerprint density at radius 1 is 0.625 bits per heavy atom. The minimum absolute atomic E-state index is 0.404. The zero-order valence-corrected chi connectivity index (χ0v) is 23.6. The Morgan fingerprint density at radius 3 is 2.20 bits per heavy atom. The Labute approximate surface area is 235 Å². The van der Waals surface area contributed by atoms with Crippen molar-refractivity contribution in [1.29, 1.82) is 0 Å². The van der Waals surface area contributed by atoms with Crippen molar-refractivity contribution in [2.24, 2.45) is 0 Å². The van der Waals surface area contributed by atoms with E-state index in [9.17, 15) is 0 Å². The van der Waals surface area contributed by atoms with Crippen molar-refractivity contribution < 1.29 is 13.7 Å². The number of hydrogen-bond acceptors (Lipinski definition) is 3. The monoisotopic (exact) mass is 524 g/mol. The van der Waals surface area contributed by atoms with E-state index in [4.69, 9.17) is 13.7 Å². The number of benzene rings is 5. The molecule has 0 N–H and O–H groups in total. The summed E-state index contributed by atoms with van der Waals surface area (Å²) < 4.78 is 19.2. The molecule has 3 nitrogen and oxygen atoms in total. The molecule has 1 aromatic heterocycles. The first-order chi connectivity index (χ1) is 19.3. The third kappa shape index (κ3) is 3.52. The van der Waals surface area contributed by atoms with Crippen LogP contribution in [0.1, 0.15) is 51.7 Å². The van der Waals surface area contributed by atoms with Gasteiger partial charge in [0, 0.05) is 10.8 Å². The molecule has 1 aliphatic carbocycles. The van der Waals surface area contributed by atoms with Crippen LogP contribution in [0, 0.1) is 0 Å². The molecule has 6 aromatic rings. The topological polar surface area (TPSA) is 31.6 Å². The number of furan rings is 1. The third-order valence-electron chi connectivity index (χ3n) is 9.72. The van der Waals surface area contributed by atoms with E-state index >= 15 is 0 Å². The van der Waals surface area contributed by atoms with E-state index in [0.717, 1.165) is 27.4 Å². The molecule has 8 rings (SSSR count). The standard InChI is InChI=1S/C36H33BO3/c1-35(2)36(3,4)40-37(39-35)31-10-7-11-33-34(31)30-21-24(15-19-32(30)38-33)23-13-16-27-25(20-23)14-18-28-26-9-6-5-8-22(26)12-17-29(27)28/h7,10-21H,5-6,8-9H2,1-4H3. The van der Waals surface area contributed by atoms with Gasteiger partial charge in [0.15, 0.2) is 0 Å². The molecule has 5 aromatic carbocycles. The van der Waals surface area contributed by atoms with Crippen LogP contribution in [0.15, 0.2) is 83.3 Å². The molecule has 0 unspecified atom stereocenters. The minimum atomic E-state index is -0.446. The molecule has 2 heterocycles. The molecule has 0 saturated carbocycles. The fourth-order valence-corrected chi connectivity index (χ4v) is 6.78. The van der Waals surface area contributed by atoms with E-state index in [0.29, 0.717) is 0 Å². The van der Waals surface area contributed by atoms with Gasteiger partial charge >= 0.3 is 7.12 Å². The Morgan fingerprint density at radius 2 is 1.35 bits per heavy atom. The van der Waals surface area contributed by atoms with Crippen molar-refractivity contribution in [3.63, 3.8) is 0 Å². The molecule has 1 saturated heterocycles. The van der Waals surface area contributed by atoms with Crippen LogP contribution in [0.4, 0.5) is 0 Å². The second-order valence-electron chi connectivity index (χ2n) is 12.6. The largest absolute Gasteiger partial charge is 0.495 e. The van der Waals surface area contributed by atoms with E-state index in [-0.39, 0.29) is 0 Å². The second-order valence-corrected chi connectivity index (χ2v) is 12.6. The van der Waals surface area contributed by atoms with Crippen molar-refractivity contribution in [2.75, 3.05) is 0 Å². The Bertz CT molecular complexity index is 1960. The highest BCUT2D eigenvalue weighted by Crippen LogP contribution is 2.39. The summed E-state index contributed by atoms with van der Waals surface area (Å²) in [7, 11) is -0.446.